The van der Waals surface area contributed by atoms with Crippen molar-refractivity contribution >= 4 is 43.9 Å². The molecule has 0 bridgehead atoms. The lowest BCUT2D eigenvalue weighted by Crippen LogP contribution is -2.30. The summed E-state index contributed by atoms with van der Waals surface area (Å²) in [7, 11) is -0.573. The van der Waals surface area contributed by atoms with E-state index in [9.17, 15) is 18.0 Å². The van der Waals surface area contributed by atoms with Gasteiger partial charge < -0.3 is 14.8 Å². The fourth-order valence-corrected chi connectivity index (χ4v) is 5.15. The molecule has 1 aromatic carbocycles. The zero-order valence-electron chi connectivity index (χ0n) is 17.9. The maximum Gasteiger partial charge on any atom is 0.341 e. The summed E-state index contributed by atoms with van der Waals surface area (Å²) >= 11 is 1.41. The summed E-state index contributed by atoms with van der Waals surface area (Å²) < 4.78 is 35.1. The number of rotatable bonds is 7. The topological polar surface area (TPSA) is 102 Å². The van der Waals surface area contributed by atoms with E-state index in [4.69, 9.17) is 9.47 Å². The van der Waals surface area contributed by atoms with Crippen molar-refractivity contribution in [2.45, 2.75) is 38.7 Å². The van der Waals surface area contributed by atoms with Crippen LogP contribution in [-0.4, -0.2) is 46.8 Å². The van der Waals surface area contributed by atoms with Gasteiger partial charge in [-0.15, -0.1) is 11.3 Å². The molecule has 0 saturated carbocycles. The summed E-state index contributed by atoms with van der Waals surface area (Å²) in [5, 5.41) is 3.31. The molecular weight excluding hydrogens is 440 g/mol. The fraction of sp³-hybridized carbons (Fsp3) is 0.429. The average molecular weight is 467 g/mol. The molecule has 0 fully saturated rings. The first-order chi connectivity index (χ1) is 14.6. The van der Waals surface area contributed by atoms with Crippen molar-refractivity contribution in [3.05, 3.63) is 40.3 Å². The summed E-state index contributed by atoms with van der Waals surface area (Å²) in [6, 6.07) is 6.41. The highest BCUT2D eigenvalue weighted by Gasteiger charge is 2.28. The highest BCUT2D eigenvalue weighted by molar-refractivity contribution is 7.92. The van der Waals surface area contributed by atoms with Crippen LogP contribution in [0.15, 0.2) is 24.3 Å². The number of carbonyl (C=O) groups is 2. The molecule has 1 N–H and O–H groups in total. The largest absolute Gasteiger partial charge is 0.481 e. The number of fused-ring (bicyclic) bond motifs is 1. The number of amides is 1. The molecule has 1 aromatic heterocycles. The highest BCUT2D eigenvalue weighted by atomic mass is 32.2. The molecule has 0 aliphatic heterocycles. The van der Waals surface area contributed by atoms with Gasteiger partial charge in [0.2, 0.25) is 10.0 Å². The van der Waals surface area contributed by atoms with Crippen LogP contribution < -0.4 is 14.4 Å². The van der Waals surface area contributed by atoms with Gasteiger partial charge in [0.1, 0.15) is 10.8 Å². The lowest BCUT2D eigenvalue weighted by Gasteiger charge is -2.18. The zero-order valence-corrected chi connectivity index (χ0v) is 19.6. The number of nitrogens with one attached hydrogen (secondary N) is 1. The van der Waals surface area contributed by atoms with Crippen molar-refractivity contribution in [1.29, 1.82) is 0 Å². The van der Waals surface area contributed by atoms with Gasteiger partial charge in [-0.3, -0.25) is 9.10 Å². The van der Waals surface area contributed by atoms with Gasteiger partial charge in [0.05, 0.1) is 24.6 Å². The van der Waals surface area contributed by atoms with E-state index in [2.05, 4.69) is 5.32 Å². The lowest BCUT2D eigenvalue weighted by atomic mass is 9.95. The molecule has 31 heavy (non-hydrogen) atoms. The SMILES string of the molecule is COC(=O)c1c(NC(=O)[C@H](C)Oc2ccc(N(C)S(C)(=O)=O)cc2)sc2c1CCCC2. The molecule has 1 amide bonds. The van der Waals surface area contributed by atoms with E-state index < -0.39 is 22.1 Å². The van der Waals surface area contributed by atoms with Gasteiger partial charge in [-0.1, -0.05) is 0 Å². The van der Waals surface area contributed by atoms with E-state index in [0.29, 0.717) is 22.0 Å². The Labute approximate surface area is 186 Å². The van der Waals surface area contributed by atoms with Crippen LogP contribution in [0.3, 0.4) is 0 Å². The minimum absolute atomic E-state index is 0.388. The average Bonchev–Trinajstić information content (AvgIpc) is 3.10. The van der Waals surface area contributed by atoms with Crippen molar-refractivity contribution in [2.75, 3.05) is 30.0 Å². The number of hydrogen-bond acceptors (Lipinski definition) is 7. The van der Waals surface area contributed by atoms with Crippen molar-refractivity contribution in [3.8, 4) is 5.75 Å². The van der Waals surface area contributed by atoms with Crippen molar-refractivity contribution in [2.24, 2.45) is 0 Å². The second-order valence-electron chi connectivity index (χ2n) is 7.38. The molecule has 0 spiro atoms. The Balaban J connectivity index is 1.72. The summed E-state index contributed by atoms with van der Waals surface area (Å²) in [5.41, 5.74) is 1.90. The Bertz CT molecular complexity index is 1080. The normalized spacial score (nSPS) is 14.3. The second-order valence-corrected chi connectivity index (χ2v) is 10.5. The summed E-state index contributed by atoms with van der Waals surface area (Å²) in [5.74, 6) is -0.415. The Morgan fingerprint density at radius 3 is 2.42 bits per heavy atom. The Morgan fingerprint density at radius 1 is 1.16 bits per heavy atom. The number of sulfonamides is 1. The van der Waals surface area contributed by atoms with Crippen molar-refractivity contribution in [1.82, 2.24) is 0 Å². The van der Waals surface area contributed by atoms with Gasteiger partial charge in [-0.2, -0.15) is 0 Å². The number of hydrogen-bond donors (Lipinski definition) is 1. The molecule has 1 heterocycles. The van der Waals surface area contributed by atoms with Crippen LogP contribution in [0.25, 0.3) is 0 Å². The van der Waals surface area contributed by atoms with E-state index in [0.717, 1.165) is 46.7 Å². The molecule has 0 saturated heterocycles. The van der Waals surface area contributed by atoms with E-state index in [1.54, 1.807) is 31.2 Å². The van der Waals surface area contributed by atoms with Gasteiger partial charge in [0.15, 0.2) is 6.10 Å². The van der Waals surface area contributed by atoms with Crippen LogP contribution >= 0.6 is 11.3 Å². The molecule has 168 valence electrons. The molecular formula is C21H26N2O6S2. The van der Waals surface area contributed by atoms with Gasteiger partial charge >= 0.3 is 5.97 Å². The fourth-order valence-electron chi connectivity index (χ4n) is 3.37. The summed E-state index contributed by atoms with van der Waals surface area (Å²) in [4.78, 5) is 26.2. The van der Waals surface area contributed by atoms with Crippen molar-refractivity contribution in [3.63, 3.8) is 0 Å². The number of methoxy groups -OCH3 is 1. The Hall–Kier alpha value is -2.59. The number of benzene rings is 1. The van der Waals surface area contributed by atoms with E-state index >= 15 is 0 Å². The third-order valence-electron chi connectivity index (χ3n) is 5.18. The van der Waals surface area contributed by atoms with E-state index in [1.807, 2.05) is 0 Å². The highest BCUT2D eigenvalue weighted by Crippen LogP contribution is 2.38. The van der Waals surface area contributed by atoms with Crippen molar-refractivity contribution < 1.29 is 27.5 Å². The first-order valence-corrected chi connectivity index (χ1v) is 12.5. The number of carbonyl (C=O) groups excluding carboxylic acids is 2. The molecule has 1 aliphatic rings. The predicted octanol–water partition coefficient (Wildman–Crippen LogP) is 3.22. The number of nitrogens with zero attached hydrogens (tertiary/aromatic N) is 1. The van der Waals surface area contributed by atoms with Crippen LogP contribution in [0.1, 0.15) is 40.6 Å². The molecule has 0 unspecified atom stereocenters. The van der Waals surface area contributed by atoms with Crippen LogP contribution in [-0.2, 0) is 32.4 Å². The van der Waals surface area contributed by atoms with Crippen LogP contribution in [0, 0.1) is 0 Å². The first-order valence-electron chi connectivity index (χ1n) is 9.86. The first kappa shape index (κ1) is 23.1. The molecule has 8 nitrogen and oxygen atoms in total. The monoisotopic (exact) mass is 466 g/mol. The number of esters is 1. The van der Waals surface area contributed by atoms with Crippen LogP contribution in [0.2, 0.25) is 0 Å². The third kappa shape index (κ3) is 5.19. The quantitative estimate of drug-likeness (QED) is 0.629. The number of ether oxygens (including phenoxy) is 2. The number of anilines is 2. The lowest BCUT2D eigenvalue weighted by molar-refractivity contribution is -0.122. The van der Waals surface area contributed by atoms with E-state index in [-0.39, 0.29) is 5.91 Å². The second kappa shape index (κ2) is 9.27. The molecule has 1 aliphatic carbocycles. The third-order valence-corrected chi connectivity index (χ3v) is 7.59. The summed E-state index contributed by atoms with van der Waals surface area (Å²) in [6.45, 7) is 1.61. The standard InChI is InChI=1S/C21H26N2O6S2/c1-13(29-15-11-9-14(10-12-15)23(2)31(4,26)27)19(24)22-20-18(21(25)28-3)16-7-5-6-8-17(16)30-20/h9-13H,5-8H2,1-4H3,(H,22,24)/t13-/m0/s1. The number of aryl methyl sites for hydroxylation is 1. The maximum absolute atomic E-state index is 12.7. The van der Waals surface area contributed by atoms with Crippen LogP contribution in [0.5, 0.6) is 5.75 Å². The van der Waals surface area contributed by atoms with Gasteiger partial charge in [0.25, 0.3) is 5.91 Å². The Kier molecular flexibility index (Phi) is 6.90. The predicted molar refractivity (Wildman–Crippen MR) is 121 cm³/mol. The Morgan fingerprint density at radius 2 is 1.81 bits per heavy atom. The van der Waals surface area contributed by atoms with Gasteiger partial charge in [0, 0.05) is 11.9 Å². The molecule has 10 heteroatoms. The number of thiophene rings is 1. The summed E-state index contributed by atoms with van der Waals surface area (Å²) in [6.07, 6.45) is 4.04. The van der Waals surface area contributed by atoms with E-state index in [1.165, 1.54) is 25.5 Å². The molecule has 3 rings (SSSR count). The van der Waals surface area contributed by atoms with Gasteiger partial charge in [-0.05, 0) is 62.4 Å². The smallest absolute Gasteiger partial charge is 0.341 e. The maximum atomic E-state index is 12.7. The van der Waals surface area contributed by atoms with Crippen LogP contribution in [0.4, 0.5) is 10.7 Å². The minimum Gasteiger partial charge on any atom is -0.481 e. The minimum atomic E-state index is -3.36. The molecule has 2 aromatic rings. The molecule has 1 atom stereocenters. The molecule has 0 radical (unpaired) electrons. The van der Waals surface area contributed by atoms with Gasteiger partial charge in [-0.25, -0.2) is 13.2 Å². The zero-order chi connectivity index (χ0) is 22.8.